The van der Waals surface area contributed by atoms with Gasteiger partial charge in [-0.25, -0.2) is 0 Å². The van der Waals surface area contributed by atoms with Gasteiger partial charge in [0.15, 0.2) is 0 Å². The average molecular weight is 134 g/mol. The summed E-state index contributed by atoms with van der Waals surface area (Å²) in [4.78, 5) is 0. The van der Waals surface area contributed by atoms with Gasteiger partial charge in [0.05, 0.1) is 0 Å². The van der Waals surface area contributed by atoms with Crippen molar-refractivity contribution < 1.29 is 0 Å². The minimum Gasteiger partial charge on any atom is -0.0741 e. The molecule has 1 heterocycles. The summed E-state index contributed by atoms with van der Waals surface area (Å²) < 4.78 is 0. The van der Waals surface area contributed by atoms with Crippen molar-refractivity contribution in [3.63, 3.8) is 0 Å². The Bertz CT molecular complexity index is 139. The zero-order chi connectivity index (χ0) is 6.55. The molecule has 0 spiro atoms. The first kappa shape index (κ1) is 5.68. The van der Waals surface area contributed by atoms with Crippen molar-refractivity contribution in [2.24, 2.45) is 23.7 Å². The van der Waals surface area contributed by atoms with Gasteiger partial charge in [-0.2, -0.15) is 0 Å². The van der Waals surface area contributed by atoms with Crippen LogP contribution in [0.25, 0.3) is 0 Å². The smallest absolute Gasteiger partial charge is 0.0741 e. The highest BCUT2D eigenvalue weighted by Crippen LogP contribution is 2.57. The maximum atomic E-state index is 1.62. The van der Waals surface area contributed by atoms with E-state index >= 15 is 0 Å². The van der Waals surface area contributed by atoms with E-state index in [4.69, 9.17) is 0 Å². The highest BCUT2D eigenvalue weighted by Gasteiger charge is 2.48. The van der Waals surface area contributed by atoms with Crippen LogP contribution in [0.5, 0.6) is 0 Å². The van der Waals surface area contributed by atoms with Crippen LogP contribution in [0.1, 0.15) is 19.3 Å². The number of rotatable bonds is 0. The van der Waals surface area contributed by atoms with Crippen LogP contribution in [0, 0.1) is 23.7 Å². The van der Waals surface area contributed by atoms with E-state index in [-0.39, 0.29) is 0 Å². The number of fused-ring (bicyclic) bond motifs is 5. The molecule has 2 saturated carbocycles. The van der Waals surface area contributed by atoms with Gasteiger partial charge >= 0.3 is 0 Å². The van der Waals surface area contributed by atoms with Crippen molar-refractivity contribution in [3.8, 4) is 0 Å². The van der Waals surface area contributed by atoms with Gasteiger partial charge in [0.2, 0.25) is 0 Å². The minimum absolute atomic E-state index is 1.19. The van der Waals surface area contributed by atoms with Crippen molar-refractivity contribution in [2.75, 3.05) is 0 Å². The molecule has 0 nitrogen and oxygen atoms in total. The van der Waals surface area contributed by atoms with Crippen molar-refractivity contribution >= 4 is 7.28 Å². The van der Waals surface area contributed by atoms with Crippen molar-refractivity contribution in [3.05, 3.63) is 0 Å². The predicted molar refractivity (Wildman–Crippen MR) is 44.6 cm³/mol. The lowest BCUT2D eigenvalue weighted by Crippen LogP contribution is -2.15. The molecule has 0 N–H and O–H groups in total. The normalized spacial score (nSPS) is 56.8. The van der Waals surface area contributed by atoms with E-state index in [9.17, 15) is 0 Å². The number of hydrogen-bond acceptors (Lipinski definition) is 0. The van der Waals surface area contributed by atoms with Crippen molar-refractivity contribution in [1.82, 2.24) is 0 Å². The molecule has 0 aromatic heterocycles. The van der Waals surface area contributed by atoms with Crippen molar-refractivity contribution in [1.29, 1.82) is 0 Å². The van der Waals surface area contributed by atoms with Gasteiger partial charge in [0.1, 0.15) is 7.28 Å². The van der Waals surface area contributed by atoms with Gasteiger partial charge in [0.25, 0.3) is 0 Å². The van der Waals surface area contributed by atoms with E-state index in [1.807, 2.05) is 0 Å². The molecule has 2 bridgehead atoms. The molecule has 3 rings (SSSR count). The standard InChI is InChI=1S/C9H15B/c1-2-7-3-6(1)8-4-10-5-9(7)8/h6-10H,1-5H2. The zero-order valence-electron chi connectivity index (χ0n) is 6.55. The summed E-state index contributed by atoms with van der Waals surface area (Å²) in [5, 5.41) is 0. The van der Waals surface area contributed by atoms with E-state index in [1.54, 1.807) is 39.2 Å². The average Bonchev–Trinajstić information content (AvgIpc) is 2.60. The maximum Gasteiger partial charge on any atom is 0.121 e. The summed E-state index contributed by atoms with van der Waals surface area (Å²) in [5.74, 6) is 4.80. The second kappa shape index (κ2) is 1.81. The molecule has 54 valence electrons. The van der Waals surface area contributed by atoms with Gasteiger partial charge in [0, 0.05) is 0 Å². The largest absolute Gasteiger partial charge is 0.121 e. The lowest BCUT2D eigenvalue weighted by atomic mass is 9.73. The second-order valence-corrected chi connectivity index (χ2v) is 4.59. The Morgan fingerprint density at radius 3 is 2.10 bits per heavy atom. The fourth-order valence-electron chi connectivity index (χ4n) is 4.02. The highest BCUT2D eigenvalue weighted by molar-refractivity contribution is 6.36. The van der Waals surface area contributed by atoms with E-state index in [1.165, 1.54) is 23.7 Å². The molecule has 0 aromatic carbocycles. The summed E-state index contributed by atoms with van der Waals surface area (Å²) in [6.45, 7) is 0. The highest BCUT2D eigenvalue weighted by atomic mass is 14.5. The van der Waals surface area contributed by atoms with Gasteiger partial charge < -0.3 is 0 Å². The van der Waals surface area contributed by atoms with Gasteiger partial charge in [-0.3, -0.25) is 0 Å². The molecule has 3 aliphatic rings. The summed E-state index contributed by atoms with van der Waals surface area (Å²) in [5.41, 5.74) is 0. The van der Waals surface area contributed by atoms with Crippen LogP contribution < -0.4 is 0 Å². The lowest BCUT2D eigenvalue weighted by Gasteiger charge is -2.24. The Labute approximate surface area is 63.6 Å². The van der Waals surface area contributed by atoms with Crippen LogP contribution in [0.4, 0.5) is 0 Å². The van der Waals surface area contributed by atoms with Crippen LogP contribution >= 0.6 is 0 Å². The van der Waals surface area contributed by atoms with E-state index < -0.39 is 0 Å². The molecule has 2 aliphatic carbocycles. The monoisotopic (exact) mass is 134 g/mol. The Balaban J connectivity index is 1.92. The van der Waals surface area contributed by atoms with Gasteiger partial charge in [-0.05, 0) is 42.9 Å². The van der Waals surface area contributed by atoms with E-state index in [0.717, 1.165) is 0 Å². The maximum absolute atomic E-state index is 1.62. The third kappa shape index (κ3) is 0.550. The molecule has 1 aliphatic heterocycles. The third-order valence-corrected chi connectivity index (χ3v) is 4.35. The SMILES string of the molecule is B1CC2C3CCC(C3)C2C1. The Morgan fingerprint density at radius 1 is 0.900 bits per heavy atom. The molecular formula is C9H15B. The second-order valence-electron chi connectivity index (χ2n) is 4.59. The first-order valence-electron chi connectivity index (χ1n) is 4.95. The first-order chi connectivity index (χ1) is 4.95. The third-order valence-electron chi connectivity index (χ3n) is 4.35. The first-order valence-corrected chi connectivity index (χ1v) is 4.95. The van der Waals surface area contributed by atoms with Crippen LogP contribution in [0.3, 0.4) is 0 Å². The predicted octanol–water partition coefficient (Wildman–Crippen LogP) is 1.94. The molecule has 1 heteroatoms. The van der Waals surface area contributed by atoms with Crippen LogP contribution in [-0.2, 0) is 0 Å². The lowest BCUT2D eigenvalue weighted by molar-refractivity contribution is 0.276. The van der Waals surface area contributed by atoms with Crippen molar-refractivity contribution in [2.45, 2.75) is 31.9 Å². The molecule has 0 amide bonds. The summed E-state index contributed by atoms with van der Waals surface area (Å²) in [6, 6.07) is 0. The number of hydrogen-bond donors (Lipinski definition) is 0. The van der Waals surface area contributed by atoms with Gasteiger partial charge in [-0.15, -0.1) is 0 Å². The van der Waals surface area contributed by atoms with Crippen LogP contribution in [0.2, 0.25) is 12.6 Å². The summed E-state index contributed by atoms with van der Waals surface area (Å²) >= 11 is 0. The molecule has 0 radical (unpaired) electrons. The van der Waals surface area contributed by atoms with Gasteiger partial charge in [-0.1, -0.05) is 12.6 Å². The Hall–Kier alpha value is 0.0649. The molecule has 0 aromatic rings. The Morgan fingerprint density at radius 2 is 1.50 bits per heavy atom. The molecule has 1 saturated heterocycles. The molecular weight excluding hydrogens is 119 g/mol. The molecule has 3 fully saturated rings. The quantitative estimate of drug-likeness (QED) is 0.444. The van der Waals surface area contributed by atoms with Crippen LogP contribution in [-0.4, -0.2) is 7.28 Å². The van der Waals surface area contributed by atoms with E-state index in [0.29, 0.717) is 0 Å². The summed E-state index contributed by atoms with van der Waals surface area (Å²) in [6.07, 6.45) is 7.98. The van der Waals surface area contributed by atoms with Crippen LogP contribution in [0.15, 0.2) is 0 Å². The molecule has 10 heavy (non-hydrogen) atoms. The van der Waals surface area contributed by atoms with E-state index in [2.05, 4.69) is 0 Å². The Kier molecular flexibility index (Phi) is 1.03. The fraction of sp³-hybridized carbons (Fsp3) is 1.00. The minimum atomic E-state index is 1.19. The topological polar surface area (TPSA) is 0 Å². The fourth-order valence-corrected chi connectivity index (χ4v) is 4.02. The molecule has 4 atom stereocenters. The summed E-state index contributed by atoms with van der Waals surface area (Å²) in [7, 11) is 1.56. The molecule has 4 unspecified atom stereocenters. The zero-order valence-corrected chi connectivity index (χ0v) is 6.55.